The van der Waals surface area contributed by atoms with Crippen molar-refractivity contribution in [2.75, 3.05) is 6.54 Å². The first kappa shape index (κ1) is 13.5. The maximum absolute atomic E-state index is 12.5. The molecule has 1 aliphatic heterocycles. The summed E-state index contributed by atoms with van der Waals surface area (Å²) in [6.07, 6.45) is 2.00. The zero-order valence-electron chi connectivity index (χ0n) is 10.9. The van der Waals surface area contributed by atoms with Crippen LogP contribution in [0, 0.1) is 6.92 Å². The van der Waals surface area contributed by atoms with E-state index in [-0.39, 0.29) is 5.91 Å². The topological polar surface area (TPSA) is 38.1 Å². The monoisotopic (exact) mass is 309 g/mol. The van der Waals surface area contributed by atoms with Crippen LogP contribution in [-0.4, -0.2) is 26.9 Å². The first-order valence-electron chi connectivity index (χ1n) is 6.32. The van der Waals surface area contributed by atoms with Gasteiger partial charge in [-0.05, 0) is 19.1 Å². The van der Waals surface area contributed by atoms with Crippen molar-refractivity contribution < 1.29 is 4.79 Å². The van der Waals surface area contributed by atoms with Crippen LogP contribution in [0.25, 0.3) is 0 Å². The highest BCUT2D eigenvalue weighted by molar-refractivity contribution is 6.43. The molecule has 4 nitrogen and oxygen atoms in total. The van der Waals surface area contributed by atoms with Crippen molar-refractivity contribution in [3.63, 3.8) is 0 Å². The molecule has 104 valence electrons. The lowest BCUT2D eigenvalue weighted by atomic mass is 10.2. The van der Waals surface area contributed by atoms with Crippen molar-refractivity contribution >= 4 is 29.1 Å². The summed E-state index contributed by atoms with van der Waals surface area (Å²) in [4.78, 5) is 18.7. The number of aryl methyl sites for hydroxylation is 1. The van der Waals surface area contributed by atoms with Crippen LogP contribution in [0.3, 0.4) is 0 Å². The molecule has 1 aromatic carbocycles. The maximum atomic E-state index is 12.5. The summed E-state index contributed by atoms with van der Waals surface area (Å²) in [5, 5.41) is 0.705. The van der Waals surface area contributed by atoms with Gasteiger partial charge in [-0.3, -0.25) is 4.79 Å². The van der Waals surface area contributed by atoms with E-state index in [4.69, 9.17) is 23.2 Å². The number of amides is 1. The van der Waals surface area contributed by atoms with E-state index >= 15 is 0 Å². The Morgan fingerprint density at radius 3 is 2.90 bits per heavy atom. The van der Waals surface area contributed by atoms with Crippen LogP contribution in [0.1, 0.15) is 21.9 Å². The van der Waals surface area contributed by atoms with Crippen molar-refractivity contribution in [1.82, 2.24) is 14.5 Å². The predicted molar refractivity (Wildman–Crippen MR) is 78.2 cm³/mol. The lowest BCUT2D eigenvalue weighted by Gasteiger charge is -2.28. The summed E-state index contributed by atoms with van der Waals surface area (Å²) in [6, 6.07) is 5.10. The van der Waals surface area contributed by atoms with Gasteiger partial charge in [0.05, 0.1) is 27.8 Å². The number of carbonyl (C=O) groups is 1. The van der Waals surface area contributed by atoms with E-state index in [1.54, 1.807) is 23.1 Å². The molecule has 0 spiro atoms. The number of halogens is 2. The quantitative estimate of drug-likeness (QED) is 0.811. The molecule has 20 heavy (non-hydrogen) atoms. The summed E-state index contributed by atoms with van der Waals surface area (Å²) in [5.74, 6) is 0.796. The van der Waals surface area contributed by atoms with Gasteiger partial charge in [0.25, 0.3) is 5.91 Å². The maximum Gasteiger partial charge on any atom is 0.255 e. The van der Waals surface area contributed by atoms with Gasteiger partial charge < -0.3 is 9.47 Å². The Morgan fingerprint density at radius 2 is 2.10 bits per heavy atom. The standard InChI is InChI=1S/C14H13Cl2N3O/c1-9-7-18-5-6-19(8-12(18)17-9)14(20)10-3-2-4-11(15)13(10)16/h2-4,7H,5-6,8H2,1H3. The molecule has 1 amide bonds. The molecule has 0 fully saturated rings. The highest BCUT2D eigenvalue weighted by Crippen LogP contribution is 2.27. The predicted octanol–water partition coefficient (Wildman–Crippen LogP) is 3.15. The van der Waals surface area contributed by atoms with Crippen LogP contribution in [-0.2, 0) is 13.1 Å². The molecule has 0 saturated heterocycles. The van der Waals surface area contributed by atoms with E-state index in [1.807, 2.05) is 13.1 Å². The van der Waals surface area contributed by atoms with Crippen molar-refractivity contribution in [1.29, 1.82) is 0 Å². The minimum Gasteiger partial charge on any atom is -0.331 e. The summed E-state index contributed by atoms with van der Waals surface area (Å²) < 4.78 is 2.08. The third kappa shape index (κ3) is 2.30. The van der Waals surface area contributed by atoms with Gasteiger partial charge in [-0.1, -0.05) is 29.3 Å². The number of nitrogens with zero attached hydrogens (tertiary/aromatic N) is 3. The van der Waals surface area contributed by atoms with Crippen LogP contribution in [0.2, 0.25) is 10.0 Å². The van der Waals surface area contributed by atoms with Gasteiger partial charge in [-0.15, -0.1) is 0 Å². The molecule has 6 heteroatoms. The Hall–Kier alpha value is -1.52. The lowest BCUT2D eigenvalue weighted by molar-refractivity contribution is 0.0707. The van der Waals surface area contributed by atoms with Crippen molar-refractivity contribution in [3.05, 3.63) is 51.5 Å². The third-order valence-corrected chi connectivity index (χ3v) is 4.21. The molecule has 2 heterocycles. The average molecular weight is 310 g/mol. The first-order chi connectivity index (χ1) is 9.56. The first-order valence-corrected chi connectivity index (χ1v) is 7.08. The van der Waals surface area contributed by atoms with E-state index in [2.05, 4.69) is 9.55 Å². The molecule has 2 aromatic rings. The zero-order valence-corrected chi connectivity index (χ0v) is 12.4. The highest BCUT2D eigenvalue weighted by atomic mass is 35.5. The number of hydrogen-bond donors (Lipinski definition) is 0. The Bertz CT molecular complexity index is 681. The number of rotatable bonds is 1. The van der Waals surface area contributed by atoms with E-state index in [0.29, 0.717) is 28.7 Å². The number of aromatic nitrogens is 2. The Balaban J connectivity index is 1.87. The minimum atomic E-state index is -0.107. The molecule has 3 rings (SSSR count). The average Bonchev–Trinajstić information content (AvgIpc) is 2.80. The largest absolute Gasteiger partial charge is 0.331 e. The van der Waals surface area contributed by atoms with E-state index in [0.717, 1.165) is 18.1 Å². The third-order valence-electron chi connectivity index (χ3n) is 3.39. The van der Waals surface area contributed by atoms with Gasteiger partial charge in [0, 0.05) is 19.3 Å². The summed E-state index contributed by atoms with van der Waals surface area (Å²) in [5.41, 5.74) is 1.41. The lowest BCUT2D eigenvalue weighted by Crippen LogP contribution is -2.38. The Morgan fingerprint density at radius 1 is 1.30 bits per heavy atom. The fraction of sp³-hybridized carbons (Fsp3) is 0.286. The summed E-state index contributed by atoms with van der Waals surface area (Å²) in [7, 11) is 0. The number of fused-ring (bicyclic) bond motifs is 1. The molecular weight excluding hydrogens is 297 g/mol. The van der Waals surface area contributed by atoms with Crippen LogP contribution < -0.4 is 0 Å². The number of carbonyl (C=O) groups excluding carboxylic acids is 1. The minimum absolute atomic E-state index is 0.107. The van der Waals surface area contributed by atoms with Gasteiger partial charge in [-0.2, -0.15) is 0 Å². The highest BCUT2D eigenvalue weighted by Gasteiger charge is 2.24. The van der Waals surface area contributed by atoms with E-state index < -0.39 is 0 Å². The van der Waals surface area contributed by atoms with Gasteiger partial charge in [-0.25, -0.2) is 4.98 Å². The van der Waals surface area contributed by atoms with Gasteiger partial charge >= 0.3 is 0 Å². The molecule has 0 radical (unpaired) electrons. The SMILES string of the molecule is Cc1cn2c(n1)CN(C(=O)c1cccc(Cl)c1Cl)CC2. The van der Waals surface area contributed by atoms with Crippen molar-refractivity contribution in [3.8, 4) is 0 Å². The van der Waals surface area contributed by atoms with Crippen LogP contribution in [0.15, 0.2) is 24.4 Å². The summed E-state index contributed by atoms with van der Waals surface area (Å²) >= 11 is 12.1. The summed E-state index contributed by atoms with van der Waals surface area (Å²) in [6.45, 7) is 3.84. The molecule has 0 bridgehead atoms. The molecule has 0 saturated carbocycles. The Kier molecular flexibility index (Phi) is 3.44. The van der Waals surface area contributed by atoms with E-state index in [1.165, 1.54) is 0 Å². The second-order valence-electron chi connectivity index (χ2n) is 4.82. The molecule has 0 aliphatic carbocycles. The number of benzene rings is 1. The van der Waals surface area contributed by atoms with Gasteiger partial charge in [0.2, 0.25) is 0 Å². The fourth-order valence-electron chi connectivity index (χ4n) is 2.41. The molecule has 0 unspecified atom stereocenters. The molecule has 0 N–H and O–H groups in total. The molecule has 0 atom stereocenters. The second-order valence-corrected chi connectivity index (χ2v) is 5.61. The normalized spacial score (nSPS) is 14.2. The van der Waals surface area contributed by atoms with Crippen molar-refractivity contribution in [2.45, 2.75) is 20.0 Å². The zero-order chi connectivity index (χ0) is 14.3. The van der Waals surface area contributed by atoms with Crippen LogP contribution in [0.4, 0.5) is 0 Å². The van der Waals surface area contributed by atoms with Gasteiger partial charge in [0.1, 0.15) is 5.82 Å². The van der Waals surface area contributed by atoms with Gasteiger partial charge in [0.15, 0.2) is 0 Å². The van der Waals surface area contributed by atoms with Crippen LogP contribution >= 0.6 is 23.2 Å². The van der Waals surface area contributed by atoms with Crippen molar-refractivity contribution in [2.24, 2.45) is 0 Å². The second kappa shape index (κ2) is 5.11. The fourth-order valence-corrected chi connectivity index (χ4v) is 2.79. The molecule has 1 aromatic heterocycles. The Labute approximate surface area is 126 Å². The smallest absolute Gasteiger partial charge is 0.255 e. The molecule has 1 aliphatic rings. The number of imidazole rings is 1. The van der Waals surface area contributed by atoms with E-state index in [9.17, 15) is 4.79 Å². The van der Waals surface area contributed by atoms with Crippen LogP contribution in [0.5, 0.6) is 0 Å². The molecular formula is C14H13Cl2N3O. The number of hydrogen-bond acceptors (Lipinski definition) is 2.